The topological polar surface area (TPSA) is 95.9 Å². The number of hydrogen-bond donors (Lipinski definition) is 3. The number of esters is 1. The molecule has 1 amide bonds. The second-order valence-corrected chi connectivity index (χ2v) is 6.13. The van der Waals surface area contributed by atoms with E-state index in [1.54, 1.807) is 13.0 Å². The molecule has 132 valence electrons. The molecule has 0 spiro atoms. The Kier molecular flexibility index (Phi) is 5.77. The highest BCUT2D eigenvalue weighted by molar-refractivity contribution is 6.36. The van der Waals surface area contributed by atoms with E-state index in [0.717, 1.165) is 0 Å². The minimum Gasteiger partial charge on any atom is -0.504 e. The van der Waals surface area contributed by atoms with E-state index in [4.69, 9.17) is 27.9 Å². The Bertz CT molecular complexity index is 838. The van der Waals surface area contributed by atoms with E-state index in [1.165, 1.54) is 31.2 Å². The zero-order chi connectivity index (χ0) is 18.7. The molecule has 0 bridgehead atoms. The second kappa shape index (κ2) is 7.63. The van der Waals surface area contributed by atoms with Gasteiger partial charge < -0.3 is 20.3 Å². The van der Waals surface area contributed by atoms with Crippen LogP contribution in [0.15, 0.2) is 30.3 Å². The quantitative estimate of drug-likeness (QED) is 0.549. The Balaban J connectivity index is 2.08. The minimum absolute atomic E-state index is 0.237. The van der Waals surface area contributed by atoms with Gasteiger partial charge in [0.05, 0.1) is 10.7 Å². The van der Waals surface area contributed by atoms with E-state index in [0.29, 0.717) is 16.3 Å². The van der Waals surface area contributed by atoms with Crippen molar-refractivity contribution in [3.05, 3.63) is 51.5 Å². The molecule has 1 atom stereocenters. The summed E-state index contributed by atoms with van der Waals surface area (Å²) in [7, 11) is 0. The molecule has 0 aliphatic heterocycles. The van der Waals surface area contributed by atoms with E-state index < -0.39 is 29.5 Å². The van der Waals surface area contributed by atoms with Crippen molar-refractivity contribution in [1.82, 2.24) is 0 Å². The Morgan fingerprint density at radius 3 is 2.44 bits per heavy atom. The average Bonchev–Trinajstić information content (AvgIpc) is 2.55. The summed E-state index contributed by atoms with van der Waals surface area (Å²) in [5.74, 6) is -2.58. The van der Waals surface area contributed by atoms with Gasteiger partial charge >= 0.3 is 5.97 Å². The number of phenols is 2. The largest absolute Gasteiger partial charge is 0.504 e. The molecule has 2 rings (SSSR count). The average molecular weight is 384 g/mol. The van der Waals surface area contributed by atoms with Gasteiger partial charge in [-0.1, -0.05) is 29.3 Å². The first kappa shape index (κ1) is 18.9. The first-order valence-electron chi connectivity index (χ1n) is 7.19. The smallest absolute Gasteiger partial charge is 0.342 e. The lowest BCUT2D eigenvalue weighted by Crippen LogP contribution is -2.30. The number of halogens is 2. The van der Waals surface area contributed by atoms with Gasteiger partial charge in [0.2, 0.25) is 0 Å². The van der Waals surface area contributed by atoms with Crippen LogP contribution in [0.25, 0.3) is 0 Å². The number of hydrogen-bond acceptors (Lipinski definition) is 5. The molecule has 1 unspecified atom stereocenters. The number of rotatable bonds is 4. The van der Waals surface area contributed by atoms with Crippen LogP contribution in [0.5, 0.6) is 11.5 Å². The maximum Gasteiger partial charge on any atom is 0.342 e. The SMILES string of the molecule is Cc1ccc(C(=O)OC(C)C(=O)Nc2ccc(Cl)cc2Cl)c(O)c1O. The highest BCUT2D eigenvalue weighted by Crippen LogP contribution is 2.32. The van der Waals surface area contributed by atoms with Gasteiger partial charge in [-0.15, -0.1) is 0 Å². The van der Waals surface area contributed by atoms with Crippen molar-refractivity contribution in [2.45, 2.75) is 20.0 Å². The fourth-order valence-electron chi connectivity index (χ4n) is 1.95. The van der Waals surface area contributed by atoms with Gasteiger partial charge in [0, 0.05) is 5.02 Å². The van der Waals surface area contributed by atoms with Crippen molar-refractivity contribution >= 4 is 40.8 Å². The molecule has 3 N–H and O–H groups in total. The maximum absolute atomic E-state index is 12.1. The van der Waals surface area contributed by atoms with E-state index >= 15 is 0 Å². The van der Waals surface area contributed by atoms with E-state index in [9.17, 15) is 19.8 Å². The highest BCUT2D eigenvalue weighted by Gasteiger charge is 2.23. The molecule has 0 heterocycles. The van der Waals surface area contributed by atoms with Crippen LogP contribution >= 0.6 is 23.2 Å². The summed E-state index contributed by atoms with van der Waals surface area (Å²) in [5, 5.41) is 22.6. The summed E-state index contributed by atoms with van der Waals surface area (Å²) < 4.78 is 5.02. The van der Waals surface area contributed by atoms with Crippen LogP contribution in [0.4, 0.5) is 5.69 Å². The van der Waals surface area contributed by atoms with Gasteiger partial charge in [-0.2, -0.15) is 0 Å². The third-order valence-electron chi connectivity index (χ3n) is 3.41. The zero-order valence-electron chi connectivity index (χ0n) is 13.3. The van der Waals surface area contributed by atoms with E-state index in [2.05, 4.69) is 5.32 Å². The lowest BCUT2D eigenvalue weighted by atomic mass is 10.1. The van der Waals surface area contributed by atoms with Crippen LogP contribution in [0.3, 0.4) is 0 Å². The van der Waals surface area contributed by atoms with Gasteiger partial charge in [-0.25, -0.2) is 4.79 Å². The molecule has 0 saturated carbocycles. The molecule has 0 radical (unpaired) electrons. The van der Waals surface area contributed by atoms with Crippen molar-refractivity contribution in [2.24, 2.45) is 0 Å². The summed E-state index contributed by atoms with van der Waals surface area (Å²) in [6, 6.07) is 7.27. The lowest BCUT2D eigenvalue weighted by Gasteiger charge is -2.15. The number of carbonyl (C=O) groups is 2. The van der Waals surface area contributed by atoms with Gasteiger partial charge in [0.1, 0.15) is 5.56 Å². The first-order valence-corrected chi connectivity index (χ1v) is 7.94. The Morgan fingerprint density at radius 2 is 1.80 bits per heavy atom. The fourth-order valence-corrected chi connectivity index (χ4v) is 2.40. The van der Waals surface area contributed by atoms with Gasteiger partial charge in [0.25, 0.3) is 5.91 Å². The zero-order valence-corrected chi connectivity index (χ0v) is 14.9. The molecule has 0 aromatic heterocycles. The summed E-state index contributed by atoms with van der Waals surface area (Å²) in [6.07, 6.45) is -1.16. The van der Waals surface area contributed by atoms with Gasteiger partial charge in [0.15, 0.2) is 17.6 Å². The maximum atomic E-state index is 12.1. The number of amides is 1. The third-order valence-corrected chi connectivity index (χ3v) is 3.96. The van der Waals surface area contributed by atoms with Crippen molar-refractivity contribution < 1.29 is 24.5 Å². The molecule has 0 aliphatic rings. The normalized spacial score (nSPS) is 11.7. The molecule has 25 heavy (non-hydrogen) atoms. The summed E-state index contributed by atoms with van der Waals surface area (Å²) in [5.41, 5.74) is 0.472. The fraction of sp³-hybridized carbons (Fsp3) is 0.176. The molecule has 8 heteroatoms. The standard InChI is InChI=1S/C17H15Cl2NO5/c1-8-3-5-11(15(22)14(8)21)17(24)25-9(2)16(23)20-13-6-4-10(18)7-12(13)19/h3-7,9,21-22H,1-2H3,(H,20,23). The van der Waals surface area contributed by atoms with E-state index in [1.807, 2.05) is 0 Å². The van der Waals surface area contributed by atoms with Gasteiger partial charge in [-0.3, -0.25) is 4.79 Å². The molecule has 0 aliphatic carbocycles. The summed E-state index contributed by atoms with van der Waals surface area (Å²) in [6.45, 7) is 2.93. The number of phenolic OH excluding ortho intramolecular Hbond substituents is 2. The number of ether oxygens (including phenoxy) is 1. The summed E-state index contributed by atoms with van der Waals surface area (Å²) in [4.78, 5) is 24.2. The molecular formula is C17H15Cl2NO5. The second-order valence-electron chi connectivity index (χ2n) is 5.29. The van der Waals surface area contributed by atoms with Crippen LogP contribution in [0, 0.1) is 6.92 Å². The Labute approximate surface area is 153 Å². The molecule has 2 aromatic carbocycles. The first-order chi connectivity index (χ1) is 11.7. The number of nitrogens with one attached hydrogen (secondary N) is 1. The number of benzene rings is 2. The molecule has 0 fully saturated rings. The minimum atomic E-state index is -1.16. The number of anilines is 1. The van der Waals surface area contributed by atoms with Crippen LogP contribution in [-0.2, 0) is 9.53 Å². The third kappa shape index (κ3) is 4.35. The molecular weight excluding hydrogens is 369 g/mol. The van der Waals surface area contributed by atoms with Crippen LogP contribution < -0.4 is 5.32 Å². The Morgan fingerprint density at radius 1 is 1.12 bits per heavy atom. The monoisotopic (exact) mass is 383 g/mol. The molecule has 2 aromatic rings. The van der Waals surface area contributed by atoms with Crippen molar-refractivity contribution in [2.75, 3.05) is 5.32 Å². The Hall–Kier alpha value is -2.44. The van der Waals surface area contributed by atoms with Crippen LogP contribution in [0.2, 0.25) is 10.0 Å². The van der Waals surface area contributed by atoms with Crippen LogP contribution in [0.1, 0.15) is 22.8 Å². The molecule has 0 saturated heterocycles. The number of carbonyl (C=O) groups excluding carboxylic acids is 2. The number of aryl methyl sites for hydroxylation is 1. The van der Waals surface area contributed by atoms with E-state index in [-0.39, 0.29) is 10.6 Å². The highest BCUT2D eigenvalue weighted by atomic mass is 35.5. The predicted octanol–water partition coefficient (Wildman–Crippen LogP) is 3.90. The van der Waals surface area contributed by atoms with Gasteiger partial charge in [-0.05, 0) is 43.7 Å². The predicted molar refractivity (Wildman–Crippen MR) is 94.5 cm³/mol. The van der Waals surface area contributed by atoms with Crippen molar-refractivity contribution in [3.63, 3.8) is 0 Å². The molecule has 6 nitrogen and oxygen atoms in total. The van der Waals surface area contributed by atoms with Crippen molar-refractivity contribution in [1.29, 1.82) is 0 Å². The summed E-state index contributed by atoms with van der Waals surface area (Å²) >= 11 is 11.7. The number of aromatic hydroxyl groups is 2. The van der Waals surface area contributed by atoms with Crippen LogP contribution in [-0.4, -0.2) is 28.2 Å². The lowest BCUT2D eigenvalue weighted by molar-refractivity contribution is -0.123. The van der Waals surface area contributed by atoms with Crippen molar-refractivity contribution in [3.8, 4) is 11.5 Å².